The fourth-order valence-corrected chi connectivity index (χ4v) is 3.13. The predicted octanol–water partition coefficient (Wildman–Crippen LogP) is 1.86. The SMILES string of the molecule is C=C(C)C(=O)OC(C)(C)C(C)(C)C(=O)OC1C2CC(CC1C(=O)O)C(=O)O2. The molecule has 0 radical (unpaired) electrons. The lowest BCUT2D eigenvalue weighted by Gasteiger charge is -2.40. The summed E-state index contributed by atoms with van der Waals surface area (Å²) in [5.74, 6) is -4.49. The van der Waals surface area contributed by atoms with Crippen molar-refractivity contribution < 1.29 is 38.5 Å². The number of aliphatic carboxylic acids is 1. The van der Waals surface area contributed by atoms with E-state index in [-0.39, 0.29) is 12.0 Å². The number of carbonyl (C=O) groups excluding carboxylic acids is 3. The van der Waals surface area contributed by atoms with Crippen molar-refractivity contribution in [2.75, 3.05) is 0 Å². The minimum absolute atomic E-state index is 0.0665. The first-order chi connectivity index (χ1) is 12.3. The van der Waals surface area contributed by atoms with Crippen LogP contribution in [0.3, 0.4) is 0 Å². The molecule has 2 rings (SSSR count). The number of rotatable bonds is 6. The quantitative estimate of drug-likeness (QED) is 0.420. The smallest absolute Gasteiger partial charge is 0.333 e. The summed E-state index contributed by atoms with van der Waals surface area (Å²) in [6.45, 7) is 11.2. The van der Waals surface area contributed by atoms with Gasteiger partial charge in [0.15, 0.2) is 6.10 Å². The van der Waals surface area contributed by atoms with Crippen LogP contribution in [-0.2, 0) is 33.4 Å². The van der Waals surface area contributed by atoms with Crippen molar-refractivity contribution in [2.45, 2.75) is 65.3 Å². The first kappa shape index (κ1) is 20.9. The van der Waals surface area contributed by atoms with Crippen molar-refractivity contribution >= 4 is 23.9 Å². The lowest BCUT2D eigenvalue weighted by atomic mass is 9.76. The third-order valence-corrected chi connectivity index (χ3v) is 5.69. The van der Waals surface area contributed by atoms with Gasteiger partial charge in [0.05, 0.1) is 11.8 Å². The predicted molar refractivity (Wildman–Crippen MR) is 92.4 cm³/mol. The Labute approximate surface area is 157 Å². The highest BCUT2D eigenvalue weighted by atomic mass is 16.6. The zero-order valence-electron chi connectivity index (χ0n) is 16.2. The molecule has 1 N–H and O–H groups in total. The normalized spacial score (nSPS) is 27.5. The molecule has 1 heterocycles. The van der Waals surface area contributed by atoms with Crippen molar-refractivity contribution in [3.8, 4) is 0 Å². The van der Waals surface area contributed by atoms with Gasteiger partial charge in [0.2, 0.25) is 0 Å². The molecular formula is C19H26O8. The average Bonchev–Trinajstić information content (AvgIpc) is 2.84. The number of esters is 3. The topological polar surface area (TPSA) is 116 Å². The van der Waals surface area contributed by atoms with E-state index in [1.54, 1.807) is 27.7 Å². The molecule has 1 saturated carbocycles. The molecule has 1 aliphatic heterocycles. The number of carboxylic acids is 1. The molecule has 2 aliphatic rings. The second kappa shape index (κ2) is 6.98. The molecule has 27 heavy (non-hydrogen) atoms. The van der Waals surface area contributed by atoms with E-state index < -0.39 is 58.9 Å². The first-order valence-electron chi connectivity index (χ1n) is 8.81. The first-order valence-corrected chi connectivity index (χ1v) is 8.81. The second-order valence-corrected chi connectivity index (χ2v) is 8.26. The van der Waals surface area contributed by atoms with Crippen LogP contribution in [0.25, 0.3) is 0 Å². The van der Waals surface area contributed by atoms with Gasteiger partial charge in [-0.05, 0) is 41.0 Å². The van der Waals surface area contributed by atoms with Crippen molar-refractivity contribution in [3.63, 3.8) is 0 Å². The number of fused-ring (bicyclic) bond motifs is 2. The zero-order valence-corrected chi connectivity index (χ0v) is 16.2. The molecule has 1 saturated heterocycles. The molecule has 1 aliphatic carbocycles. The molecule has 150 valence electrons. The summed E-state index contributed by atoms with van der Waals surface area (Å²) in [7, 11) is 0. The van der Waals surface area contributed by atoms with Gasteiger partial charge in [-0.15, -0.1) is 0 Å². The Hall–Kier alpha value is -2.38. The van der Waals surface area contributed by atoms with Crippen LogP contribution in [-0.4, -0.2) is 46.8 Å². The number of ether oxygens (including phenoxy) is 3. The van der Waals surface area contributed by atoms with Crippen LogP contribution in [0, 0.1) is 17.3 Å². The molecule has 0 spiro atoms. The Morgan fingerprint density at radius 1 is 1.19 bits per heavy atom. The molecule has 2 fully saturated rings. The monoisotopic (exact) mass is 382 g/mol. The van der Waals surface area contributed by atoms with E-state index in [1.165, 1.54) is 6.92 Å². The third kappa shape index (κ3) is 3.84. The molecular weight excluding hydrogens is 356 g/mol. The molecule has 4 unspecified atom stereocenters. The number of hydrogen-bond acceptors (Lipinski definition) is 7. The molecule has 8 heteroatoms. The minimum Gasteiger partial charge on any atom is -0.481 e. The summed E-state index contributed by atoms with van der Waals surface area (Å²) >= 11 is 0. The van der Waals surface area contributed by atoms with Gasteiger partial charge in [0, 0.05) is 12.0 Å². The van der Waals surface area contributed by atoms with E-state index >= 15 is 0 Å². The summed E-state index contributed by atoms with van der Waals surface area (Å²) in [4.78, 5) is 48.2. The summed E-state index contributed by atoms with van der Waals surface area (Å²) in [5.41, 5.74) is -2.35. The third-order valence-electron chi connectivity index (χ3n) is 5.69. The Morgan fingerprint density at radius 3 is 2.30 bits per heavy atom. The maximum Gasteiger partial charge on any atom is 0.333 e. The largest absolute Gasteiger partial charge is 0.481 e. The van der Waals surface area contributed by atoms with Crippen molar-refractivity contribution in [2.24, 2.45) is 17.3 Å². The maximum atomic E-state index is 12.9. The Bertz CT molecular complexity index is 690. The van der Waals surface area contributed by atoms with Gasteiger partial charge in [0.1, 0.15) is 17.1 Å². The van der Waals surface area contributed by atoms with E-state index in [0.29, 0.717) is 6.42 Å². The molecule has 2 bridgehead atoms. The number of carboxylic acid groups (broad SMARTS) is 1. The Kier molecular flexibility index (Phi) is 5.41. The Morgan fingerprint density at radius 2 is 1.78 bits per heavy atom. The highest BCUT2D eigenvalue weighted by molar-refractivity contribution is 5.88. The van der Waals surface area contributed by atoms with Gasteiger partial charge in [0.25, 0.3) is 0 Å². The van der Waals surface area contributed by atoms with Crippen molar-refractivity contribution in [1.82, 2.24) is 0 Å². The van der Waals surface area contributed by atoms with Gasteiger partial charge in [-0.2, -0.15) is 0 Å². The molecule has 0 aromatic carbocycles. The van der Waals surface area contributed by atoms with Gasteiger partial charge in [-0.3, -0.25) is 14.4 Å². The summed E-state index contributed by atoms with van der Waals surface area (Å²) in [6, 6.07) is 0. The molecule has 0 aromatic rings. The van der Waals surface area contributed by atoms with Gasteiger partial charge >= 0.3 is 23.9 Å². The molecule has 0 aromatic heterocycles. The van der Waals surface area contributed by atoms with Crippen LogP contribution < -0.4 is 0 Å². The minimum atomic E-state index is -1.29. The van der Waals surface area contributed by atoms with Crippen molar-refractivity contribution in [1.29, 1.82) is 0 Å². The molecule has 0 amide bonds. The van der Waals surface area contributed by atoms with E-state index in [4.69, 9.17) is 14.2 Å². The molecule has 8 nitrogen and oxygen atoms in total. The highest BCUT2D eigenvalue weighted by Crippen LogP contribution is 2.42. The van der Waals surface area contributed by atoms with E-state index in [9.17, 15) is 24.3 Å². The van der Waals surface area contributed by atoms with Crippen LogP contribution in [0.1, 0.15) is 47.5 Å². The van der Waals surface area contributed by atoms with Crippen LogP contribution in [0.5, 0.6) is 0 Å². The zero-order chi connectivity index (χ0) is 20.7. The van der Waals surface area contributed by atoms with Crippen LogP contribution in [0.4, 0.5) is 0 Å². The second-order valence-electron chi connectivity index (χ2n) is 8.26. The van der Waals surface area contributed by atoms with E-state index in [1.807, 2.05) is 0 Å². The lowest BCUT2D eigenvalue weighted by Crippen LogP contribution is -2.52. The average molecular weight is 382 g/mol. The number of carbonyl (C=O) groups is 4. The van der Waals surface area contributed by atoms with Crippen LogP contribution in [0.2, 0.25) is 0 Å². The summed E-state index contributed by atoms with van der Waals surface area (Å²) < 4.78 is 16.1. The van der Waals surface area contributed by atoms with Gasteiger partial charge in [-0.25, -0.2) is 4.79 Å². The summed E-state index contributed by atoms with van der Waals surface area (Å²) in [6.07, 6.45) is -1.46. The standard InChI is InChI=1S/C19H26O8/c1-9(2)15(22)27-19(5,6)18(3,4)17(24)26-13-11(14(20)21)7-10-8-12(13)25-16(10)23/h10-13H,1,7-8H2,2-6H3,(H,20,21). The lowest BCUT2D eigenvalue weighted by molar-refractivity contribution is -0.194. The van der Waals surface area contributed by atoms with Gasteiger partial charge in [-0.1, -0.05) is 6.58 Å². The van der Waals surface area contributed by atoms with Gasteiger partial charge < -0.3 is 19.3 Å². The Balaban J connectivity index is 2.20. The fourth-order valence-electron chi connectivity index (χ4n) is 3.13. The summed E-state index contributed by atoms with van der Waals surface area (Å²) in [5, 5.41) is 9.48. The maximum absolute atomic E-state index is 12.9. The fraction of sp³-hybridized carbons (Fsp3) is 0.684. The van der Waals surface area contributed by atoms with Crippen molar-refractivity contribution in [3.05, 3.63) is 12.2 Å². The van der Waals surface area contributed by atoms with Crippen LogP contribution >= 0.6 is 0 Å². The molecule has 4 atom stereocenters. The van der Waals surface area contributed by atoms with Crippen LogP contribution in [0.15, 0.2) is 12.2 Å². The van der Waals surface area contributed by atoms with E-state index in [0.717, 1.165) is 0 Å². The highest BCUT2D eigenvalue weighted by Gasteiger charge is 2.55. The number of hydrogen-bond donors (Lipinski definition) is 1. The van der Waals surface area contributed by atoms with E-state index in [2.05, 4.69) is 6.58 Å².